The monoisotopic (exact) mass is 240 g/mol. The van der Waals surface area contributed by atoms with E-state index >= 15 is 0 Å². The van der Waals surface area contributed by atoms with Crippen LogP contribution in [0.4, 0.5) is 0 Å². The Morgan fingerprint density at radius 2 is 2.08 bits per heavy atom. The fraction of sp³-hybridized carbons (Fsp3) is 0.455. The molecule has 1 fully saturated rings. The molecule has 0 aromatic heterocycles. The minimum absolute atomic E-state index is 0.455. The maximum Gasteiger partial charge on any atom is 0.0509 e. The smallest absolute Gasteiger partial charge is 0.0509 e. The van der Waals surface area contributed by atoms with Gasteiger partial charge < -0.3 is 4.74 Å². The molecule has 1 aliphatic rings. The fourth-order valence-corrected chi connectivity index (χ4v) is 2.41. The van der Waals surface area contributed by atoms with E-state index in [0.717, 1.165) is 13.2 Å². The van der Waals surface area contributed by atoms with Crippen molar-refractivity contribution in [2.45, 2.75) is 11.2 Å². The highest BCUT2D eigenvalue weighted by molar-refractivity contribution is 9.09. The first kappa shape index (κ1) is 9.22. The van der Waals surface area contributed by atoms with E-state index in [4.69, 9.17) is 4.74 Å². The second kappa shape index (κ2) is 4.25. The minimum Gasteiger partial charge on any atom is -0.381 e. The maximum atomic E-state index is 5.37. The van der Waals surface area contributed by atoms with Crippen LogP contribution >= 0.6 is 15.9 Å². The molecule has 13 heavy (non-hydrogen) atoms. The Bertz CT molecular complexity index is 254. The third kappa shape index (κ3) is 2.12. The van der Waals surface area contributed by atoms with E-state index in [0.29, 0.717) is 10.7 Å². The van der Waals surface area contributed by atoms with Crippen LogP contribution in [0, 0.1) is 5.92 Å². The standard InChI is InChI=1S/C11H13BrO/c12-11(10-6-7-13-8-10)9-4-2-1-3-5-9/h1-5,10-11H,6-8H2. The van der Waals surface area contributed by atoms with Gasteiger partial charge in [-0.3, -0.25) is 0 Å². The summed E-state index contributed by atoms with van der Waals surface area (Å²) in [5.41, 5.74) is 1.36. The van der Waals surface area contributed by atoms with Crippen molar-refractivity contribution >= 4 is 15.9 Å². The zero-order valence-corrected chi connectivity index (χ0v) is 9.03. The molecule has 0 radical (unpaired) electrons. The maximum absolute atomic E-state index is 5.37. The number of halogens is 1. The molecule has 0 N–H and O–H groups in total. The third-order valence-electron chi connectivity index (χ3n) is 2.50. The Kier molecular flexibility index (Phi) is 3.01. The lowest BCUT2D eigenvalue weighted by atomic mass is 9.99. The van der Waals surface area contributed by atoms with Crippen LogP contribution < -0.4 is 0 Å². The van der Waals surface area contributed by atoms with Crippen molar-refractivity contribution in [2.24, 2.45) is 5.92 Å². The van der Waals surface area contributed by atoms with Crippen LogP contribution in [0.2, 0.25) is 0 Å². The third-order valence-corrected chi connectivity index (χ3v) is 3.77. The van der Waals surface area contributed by atoms with Crippen molar-refractivity contribution in [3.63, 3.8) is 0 Å². The van der Waals surface area contributed by atoms with Gasteiger partial charge in [0.2, 0.25) is 0 Å². The summed E-state index contributed by atoms with van der Waals surface area (Å²) in [6, 6.07) is 10.5. The Morgan fingerprint density at radius 3 is 2.69 bits per heavy atom. The molecule has 1 saturated heterocycles. The molecule has 1 aromatic rings. The summed E-state index contributed by atoms with van der Waals surface area (Å²) < 4.78 is 5.37. The molecule has 1 aliphatic heterocycles. The molecule has 2 heteroatoms. The van der Waals surface area contributed by atoms with Gasteiger partial charge in [0.15, 0.2) is 0 Å². The van der Waals surface area contributed by atoms with Gasteiger partial charge in [0, 0.05) is 17.4 Å². The first-order chi connectivity index (χ1) is 6.38. The number of ether oxygens (including phenoxy) is 1. The quantitative estimate of drug-likeness (QED) is 0.722. The summed E-state index contributed by atoms with van der Waals surface area (Å²) in [6.07, 6.45) is 1.17. The normalized spacial score (nSPS) is 24.5. The van der Waals surface area contributed by atoms with Gasteiger partial charge in [0.25, 0.3) is 0 Å². The van der Waals surface area contributed by atoms with E-state index < -0.39 is 0 Å². The number of rotatable bonds is 2. The van der Waals surface area contributed by atoms with Crippen molar-refractivity contribution in [3.8, 4) is 0 Å². The van der Waals surface area contributed by atoms with Crippen LogP contribution in [0.3, 0.4) is 0 Å². The molecule has 1 nitrogen and oxygen atoms in total. The summed E-state index contributed by atoms with van der Waals surface area (Å²) in [5.74, 6) is 0.641. The molecule has 1 aromatic carbocycles. The number of benzene rings is 1. The fourth-order valence-electron chi connectivity index (χ4n) is 1.69. The summed E-state index contributed by atoms with van der Waals surface area (Å²) in [7, 11) is 0. The van der Waals surface area contributed by atoms with E-state index in [1.54, 1.807) is 0 Å². The molecule has 0 spiro atoms. The van der Waals surface area contributed by atoms with Crippen LogP contribution in [0.1, 0.15) is 16.8 Å². The van der Waals surface area contributed by atoms with Gasteiger partial charge in [-0.25, -0.2) is 0 Å². The van der Waals surface area contributed by atoms with E-state index in [2.05, 4.69) is 40.2 Å². The van der Waals surface area contributed by atoms with Crippen LogP contribution in [-0.2, 0) is 4.74 Å². The first-order valence-electron chi connectivity index (χ1n) is 4.64. The Morgan fingerprint density at radius 1 is 1.31 bits per heavy atom. The van der Waals surface area contributed by atoms with Crippen molar-refractivity contribution in [1.29, 1.82) is 0 Å². The van der Waals surface area contributed by atoms with E-state index in [1.807, 2.05) is 6.07 Å². The summed E-state index contributed by atoms with van der Waals surface area (Å²) in [5, 5.41) is 0. The molecule has 0 bridgehead atoms. The van der Waals surface area contributed by atoms with Crippen LogP contribution in [0.5, 0.6) is 0 Å². The van der Waals surface area contributed by atoms with Gasteiger partial charge >= 0.3 is 0 Å². The largest absolute Gasteiger partial charge is 0.381 e. The van der Waals surface area contributed by atoms with Crippen LogP contribution in [0.25, 0.3) is 0 Å². The van der Waals surface area contributed by atoms with Crippen molar-refractivity contribution < 1.29 is 4.74 Å². The SMILES string of the molecule is BrC(c1ccccc1)C1CCOC1. The van der Waals surface area contributed by atoms with Gasteiger partial charge in [-0.1, -0.05) is 46.3 Å². The van der Waals surface area contributed by atoms with Crippen LogP contribution in [0.15, 0.2) is 30.3 Å². The lowest BCUT2D eigenvalue weighted by molar-refractivity contribution is 0.185. The summed E-state index contributed by atoms with van der Waals surface area (Å²) in [6.45, 7) is 1.81. The zero-order chi connectivity index (χ0) is 9.10. The molecule has 0 amide bonds. The van der Waals surface area contributed by atoms with Crippen molar-refractivity contribution in [1.82, 2.24) is 0 Å². The molecule has 1 heterocycles. The predicted octanol–water partition coefficient (Wildman–Crippen LogP) is 3.16. The Labute approximate surface area is 87.2 Å². The van der Waals surface area contributed by atoms with Gasteiger partial charge in [0.1, 0.15) is 0 Å². The van der Waals surface area contributed by atoms with Crippen molar-refractivity contribution in [2.75, 3.05) is 13.2 Å². The lowest BCUT2D eigenvalue weighted by Gasteiger charge is -2.15. The molecule has 0 saturated carbocycles. The molecular formula is C11H13BrO. The second-order valence-corrected chi connectivity index (χ2v) is 4.42. The van der Waals surface area contributed by atoms with Gasteiger partial charge in [-0.05, 0) is 12.0 Å². The topological polar surface area (TPSA) is 9.23 Å². The molecule has 70 valence electrons. The average Bonchev–Trinajstić information content (AvgIpc) is 2.71. The highest BCUT2D eigenvalue weighted by Crippen LogP contribution is 2.35. The van der Waals surface area contributed by atoms with Gasteiger partial charge in [0.05, 0.1) is 6.61 Å². The highest BCUT2D eigenvalue weighted by atomic mass is 79.9. The molecule has 2 rings (SSSR count). The van der Waals surface area contributed by atoms with Gasteiger partial charge in [-0.2, -0.15) is 0 Å². The summed E-state index contributed by atoms with van der Waals surface area (Å²) in [4.78, 5) is 0.455. The van der Waals surface area contributed by atoms with Crippen molar-refractivity contribution in [3.05, 3.63) is 35.9 Å². The number of hydrogen-bond donors (Lipinski definition) is 0. The Balaban J connectivity index is 2.08. The van der Waals surface area contributed by atoms with E-state index in [-0.39, 0.29) is 0 Å². The molecule has 0 aliphatic carbocycles. The molecular weight excluding hydrogens is 228 g/mol. The van der Waals surface area contributed by atoms with E-state index in [1.165, 1.54) is 12.0 Å². The molecule has 2 unspecified atom stereocenters. The average molecular weight is 241 g/mol. The van der Waals surface area contributed by atoms with Gasteiger partial charge in [-0.15, -0.1) is 0 Å². The lowest BCUT2D eigenvalue weighted by Crippen LogP contribution is -2.06. The number of alkyl halides is 1. The predicted molar refractivity (Wildman–Crippen MR) is 57.0 cm³/mol. The van der Waals surface area contributed by atoms with E-state index in [9.17, 15) is 0 Å². The minimum atomic E-state index is 0.455. The summed E-state index contributed by atoms with van der Waals surface area (Å²) >= 11 is 3.73. The highest BCUT2D eigenvalue weighted by Gasteiger charge is 2.24. The first-order valence-corrected chi connectivity index (χ1v) is 5.56. The second-order valence-electron chi connectivity index (χ2n) is 3.44. The molecule has 2 atom stereocenters. The number of hydrogen-bond acceptors (Lipinski definition) is 1. The van der Waals surface area contributed by atoms with Crippen LogP contribution in [-0.4, -0.2) is 13.2 Å². The Hall–Kier alpha value is -0.340. The zero-order valence-electron chi connectivity index (χ0n) is 7.45.